The zero-order chi connectivity index (χ0) is 9.80. The molecule has 0 atom stereocenters. The predicted molar refractivity (Wildman–Crippen MR) is 48.1 cm³/mol. The van der Waals surface area contributed by atoms with Gasteiger partial charge in [0.2, 0.25) is 0 Å². The number of nitriles is 1. The SMILES string of the molecule is N#Cc1cnn(Cc2ncccn2)c1. The highest BCUT2D eigenvalue weighted by atomic mass is 15.3. The van der Waals surface area contributed by atoms with Crippen molar-refractivity contribution in [3.8, 4) is 6.07 Å². The lowest BCUT2D eigenvalue weighted by Crippen LogP contribution is -2.03. The summed E-state index contributed by atoms with van der Waals surface area (Å²) in [7, 11) is 0. The lowest BCUT2D eigenvalue weighted by molar-refractivity contribution is 0.655. The number of nitrogens with zero attached hydrogens (tertiary/aromatic N) is 5. The predicted octanol–water partition coefficient (Wildman–Crippen LogP) is 0.593. The van der Waals surface area contributed by atoms with Crippen molar-refractivity contribution in [2.75, 3.05) is 0 Å². The molecule has 2 heterocycles. The third-order valence-electron chi connectivity index (χ3n) is 1.69. The van der Waals surface area contributed by atoms with Crippen LogP contribution in [0.3, 0.4) is 0 Å². The van der Waals surface area contributed by atoms with Crippen molar-refractivity contribution in [1.82, 2.24) is 19.7 Å². The second kappa shape index (κ2) is 3.66. The average Bonchev–Trinajstić information content (AvgIpc) is 2.67. The molecule has 0 amide bonds. The van der Waals surface area contributed by atoms with E-state index in [4.69, 9.17) is 5.26 Å². The van der Waals surface area contributed by atoms with Crippen molar-refractivity contribution < 1.29 is 0 Å². The third-order valence-corrected chi connectivity index (χ3v) is 1.69. The second-order valence-corrected chi connectivity index (χ2v) is 2.70. The van der Waals surface area contributed by atoms with E-state index in [0.717, 1.165) is 0 Å². The Labute approximate surface area is 80.7 Å². The minimum atomic E-state index is 0.489. The summed E-state index contributed by atoms with van der Waals surface area (Å²) in [5, 5.41) is 12.6. The first kappa shape index (κ1) is 8.38. The van der Waals surface area contributed by atoms with Gasteiger partial charge in [0.15, 0.2) is 0 Å². The molecule has 0 radical (unpaired) electrons. The van der Waals surface area contributed by atoms with E-state index in [-0.39, 0.29) is 0 Å². The van der Waals surface area contributed by atoms with E-state index in [9.17, 15) is 0 Å². The van der Waals surface area contributed by atoms with Crippen LogP contribution in [0.25, 0.3) is 0 Å². The summed E-state index contributed by atoms with van der Waals surface area (Å²) in [6.07, 6.45) is 6.54. The zero-order valence-electron chi connectivity index (χ0n) is 7.33. The van der Waals surface area contributed by atoms with Gasteiger partial charge in [0.25, 0.3) is 0 Å². The van der Waals surface area contributed by atoms with Crippen molar-refractivity contribution in [2.45, 2.75) is 6.54 Å². The van der Waals surface area contributed by atoms with E-state index in [2.05, 4.69) is 15.1 Å². The van der Waals surface area contributed by atoms with Gasteiger partial charge in [-0.1, -0.05) is 0 Å². The van der Waals surface area contributed by atoms with Gasteiger partial charge in [-0.2, -0.15) is 10.4 Å². The van der Waals surface area contributed by atoms with E-state index < -0.39 is 0 Å². The molecule has 0 aliphatic carbocycles. The largest absolute Gasteiger partial charge is 0.264 e. The minimum Gasteiger partial charge on any atom is -0.264 e. The van der Waals surface area contributed by atoms with Gasteiger partial charge in [0.05, 0.1) is 11.8 Å². The van der Waals surface area contributed by atoms with Gasteiger partial charge in [-0.3, -0.25) is 4.68 Å². The topological polar surface area (TPSA) is 67.4 Å². The molecule has 0 aliphatic heterocycles. The van der Waals surface area contributed by atoms with E-state index in [0.29, 0.717) is 17.9 Å². The molecule has 0 saturated carbocycles. The summed E-state index contributed by atoms with van der Waals surface area (Å²) in [6, 6.07) is 3.77. The smallest absolute Gasteiger partial charge is 0.149 e. The van der Waals surface area contributed by atoms with Crippen LogP contribution in [0.15, 0.2) is 30.9 Å². The van der Waals surface area contributed by atoms with Gasteiger partial charge in [-0.15, -0.1) is 0 Å². The van der Waals surface area contributed by atoms with E-state index in [1.54, 1.807) is 29.3 Å². The molecule has 0 spiro atoms. The van der Waals surface area contributed by atoms with Crippen LogP contribution in [-0.4, -0.2) is 19.7 Å². The van der Waals surface area contributed by atoms with Crippen molar-refractivity contribution >= 4 is 0 Å². The van der Waals surface area contributed by atoms with Crippen LogP contribution in [-0.2, 0) is 6.54 Å². The summed E-state index contributed by atoms with van der Waals surface area (Å²) in [6.45, 7) is 0.489. The third kappa shape index (κ3) is 1.75. The molecular formula is C9H7N5. The van der Waals surface area contributed by atoms with Gasteiger partial charge >= 0.3 is 0 Å². The summed E-state index contributed by atoms with van der Waals surface area (Å²) in [4.78, 5) is 8.11. The molecule has 0 unspecified atom stereocenters. The number of hydrogen-bond donors (Lipinski definition) is 0. The van der Waals surface area contributed by atoms with Gasteiger partial charge in [-0.05, 0) is 6.07 Å². The molecule has 0 aliphatic rings. The Kier molecular flexibility index (Phi) is 2.19. The molecule has 0 N–H and O–H groups in total. The highest BCUT2D eigenvalue weighted by Crippen LogP contribution is 1.97. The Balaban J connectivity index is 2.16. The fourth-order valence-corrected chi connectivity index (χ4v) is 1.06. The van der Waals surface area contributed by atoms with Crippen molar-refractivity contribution in [3.63, 3.8) is 0 Å². The quantitative estimate of drug-likeness (QED) is 0.686. The molecule has 2 rings (SSSR count). The molecule has 5 heteroatoms. The first-order valence-corrected chi connectivity index (χ1v) is 4.07. The maximum atomic E-state index is 8.58. The maximum Gasteiger partial charge on any atom is 0.149 e. The minimum absolute atomic E-state index is 0.489. The average molecular weight is 185 g/mol. The van der Waals surface area contributed by atoms with Crippen LogP contribution in [0.2, 0.25) is 0 Å². The van der Waals surface area contributed by atoms with Gasteiger partial charge in [0.1, 0.15) is 18.4 Å². The molecule has 0 aromatic carbocycles. The zero-order valence-corrected chi connectivity index (χ0v) is 7.33. The van der Waals surface area contributed by atoms with Gasteiger partial charge < -0.3 is 0 Å². The van der Waals surface area contributed by atoms with Crippen molar-refractivity contribution in [3.05, 3.63) is 42.2 Å². The van der Waals surface area contributed by atoms with Crippen molar-refractivity contribution in [2.24, 2.45) is 0 Å². The molecule has 68 valence electrons. The van der Waals surface area contributed by atoms with Gasteiger partial charge in [-0.25, -0.2) is 9.97 Å². The van der Waals surface area contributed by atoms with Crippen molar-refractivity contribution in [1.29, 1.82) is 5.26 Å². The van der Waals surface area contributed by atoms with Crippen LogP contribution in [0.4, 0.5) is 0 Å². The maximum absolute atomic E-state index is 8.58. The molecule has 2 aromatic rings. The molecule has 0 fully saturated rings. The highest BCUT2D eigenvalue weighted by molar-refractivity contribution is 5.21. The number of aromatic nitrogens is 4. The molecular weight excluding hydrogens is 178 g/mol. The first-order chi connectivity index (χ1) is 6.88. The lowest BCUT2D eigenvalue weighted by Gasteiger charge is -1.97. The van der Waals surface area contributed by atoms with Crippen LogP contribution in [0.5, 0.6) is 0 Å². The standard InChI is InChI=1S/C9H7N5/c10-4-8-5-13-14(6-8)7-9-11-2-1-3-12-9/h1-3,5-6H,7H2. The Morgan fingerprint density at radius 1 is 1.36 bits per heavy atom. The highest BCUT2D eigenvalue weighted by Gasteiger charge is 1.99. The second-order valence-electron chi connectivity index (χ2n) is 2.70. The van der Waals surface area contributed by atoms with Crippen LogP contribution < -0.4 is 0 Å². The first-order valence-electron chi connectivity index (χ1n) is 4.07. The summed E-state index contributed by atoms with van der Waals surface area (Å²) in [5.41, 5.74) is 0.543. The lowest BCUT2D eigenvalue weighted by atomic mass is 10.4. The fraction of sp³-hybridized carbons (Fsp3) is 0.111. The van der Waals surface area contributed by atoms with Gasteiger partial charge in [0, 0.05) is 18.6 Å². The van der Waals surface area contributed by atoms with Crippen LogP contribution in [0.1, 0.15) is 11.4 Å². The monoisotopic (exact) mass is 185 g/mol. The van der Waals surface area contributed by atoms with Crippen LogP contribution >= 0.6 is 0 Å². The Morgan fingerprint density at radius 3 is 2.79 bits per heavy atom. The molecule has 0 saturated heterocycles. The molecule has 0 bridgehead atoms. The Bertz CT molecular complexity index is 454. The van der Waals surface area contributed by atoms with E-state index in [1.807, 2.05) is 6.07 Å². The molecule has 14 heavy (non-hydrogen) atoms. The molecule has 5 nitrogen and oxygen atoms in total. The van der Waals surface area contributed by atoms with E-state index in [1.165, 1.54) is 6.20 Å². The normalized spacial score (nSPS) is 9.64. The fourth-order valence-electron chi connectivity index (χ4n) is 1.06. The number of hydrogen-bond acceptors (Lipinski definition) is 4. The Hall–Kier alpha value is -2.22. The summed E-state index contributed by atoms with van der Waals surface area (Å²) >= 11 is 0. The van der Waals surface area contributed by atoms with Crippen LogP contribution in [0, 0.1) is 11.3 Å². The van der Waals surface area contributed by atoms with E-state index >= 15 is 0 Å². The number of rotatable bonds is 2. The summed E-state index contributed by atoms with van der Waals surface area (Å²) in [5.74, 6) is 0.681. The summed E-state index contributed by atoms with van der Waals surface area (Å²) < 4.78 is 1.63. The molecule has 2 aromatic heterocycles. The Morgan fingerprint density at radius 2 is 2.14 bits per heavy atom.